The zero-order valence-corrected chi connectivity index (χ0v) is 15.9. The normalized spacial score (nSPS) is 15.6. The van der Waals surface area contributed by atoms with Crippen molar-refractivity contribution in [1.82, 2.24) is 4.90 Å². The number of ether oxygens (including phenoxy) is 1. The number of hydrogen-bond acceptors (Lipinski definition) is 3. The van der Waals surface area contributed by atoms with E-state index in [0.717, 1.165) is 30.9 Å². The van der Waals surface area contributed by atoms with Crippen LogP contribution in [0.3, 0.4) is 0 Å². The van der Waals surface area contributed by atoms with Gasteiger partial charge in [0, 0.05) is 12.1 Å². The van der Waals surface area contributed by atoms with E-state index in [1.165, 1.54) is 16.3 Å². The van der Waals surface area contributed by atoms with Gasteiger partial charge < -0.3 is 9.84 Å². The summed E-state index contributed by atoms with van der Waals surface area (Å²) in [4.78, 5) is 13.6. The second-order valence-corrected chi connectivity index (χ2v) is 7.43. The molecule has 1 heterocycles. The Morgan fingerprint density at radius 1 is 0.964 bits per heavy atom. The van der Waals surface area contributed by atoms with Crippen molar-refractivity contribution in [2.45, 2.75) is 26.0 Å². The van der Waals surface area contributed by atoms with Crippen molar-refractivity contribution in [3.8, 4) is 5.75 Å². The van der Waals surface area contributed by atoms with Gasteiger partial charge in [-0.2, -0.15) is 0 Å². The van der Waals surface area contributed by atoms with E-state index < -0.39 is 5.97 Å². The fourth-order valence-electron chi connectivity index (χ4n) is 3.91. The summed E-state index contributed by atoms with van der Waals surface area (Å²) in [5, 5.41) is 11.6. The molecule has 3 aromatic carbocycles. The van der Waals surface area contributed by atoms with Gasteiger partial charge in [-0.05, 0) is 48.3 Å². The number of likely N-dealkylation sites (tertiary alicyclic amines) is 1. The average Bonchev–Trinajstić information content (AvgIpc) is 2.74. The number of nitrogens with zero attached hydrogens (tertiary/aromatic N) is 1. The minimum atomic E-state index is -0.670. The molecule has 0 radical (unpaired) electrons. The van der Waals surface area contributed by atoms with E-state index in [-0.39, 0.29) is 5.92 Å². The van der Waals surface area contributed by atoms with Crippen LogP contribution in [0.5, 0.6) is 5.75 Å². The van der Waals surface area contributed by atoms with Crippen molar-refractivity contribution >= 4 is 16.7 Å². The Hall–Kier alpha value is -2.85. The van der Waals surface area contributed by atoms with Gasteiger partial charge in [-0.1, -0.05) is 60.7 Å². The highest BCUT2D eigenvalue weighted by molar-refractivity contribution is 5.87. The molecule has 0 aromatic heterocycles. The second-order valence-electron chi connectivity index (χ2n) is 7.43. The van der Waals surface area contributed by atoms with Crippen molar-refractivity contribution in [2.24, 2.45) is 5.92 Å². The number of fused-ring (bicyclic) bond motifs is 1. The molecule has 0 bridgehead atoms. The maximum Gasteiger partial charge on any atom is 0.306 e. The SMILES string of the molecule is O=C(O)C1CCN(Cc2c(OCc3ccccc3)ccc3ccccc23)CC1. The molecule has 0 saturated carbocycles. The third-order valence-electron chi connectivity index (χ3n) is 5.55. The van der Waals surface area contributed by atoms with Gasteiger partial charge in [-0.15, -0.1) is 0 Å². The van der Waals surface area contributed by atoms with E-state index in [1.54, 1.807) is 0 Å². The Kier molecular flexibility index (Phi) is 5.58. The fraction of sp³-hybridized carbons (Fsp3) is 0.292. The van der Waals surface area contributed by atoms with Crippen LogP contribution in [0.25, 0.3) is 10.8 Å². The first-order valence-electron chi connectivity index (χ1n) is 9.83. The van der Waals surface area contributed by atoms with Gasteiger partial charge in [0.1, 0.15) is 12.4 Å². The first kappa shape index (κ1) is 18.5. The molecule has 4 heteroatoms. The van der Waals surface area contributed by atoms with E-state index >= 15 is 0 Å². The first-order valence-corrected chi connectivity index (χ1v) is 9.83. The lowest BCUT2D eigenvalue weighted by molar-refractivity contribution is -0.143. The maximum absolute atomic E-state index is 11.2. The van der Waals surface area contributed by atoms with Crippen molar-refractivity contribution in [1.29, 1.82) is 0 Å². The summed E-state index contributed by atoms with van der Waals surface area (Å²) < 4.78 is 6.21. The number of carboxylic acid groups (broad SMARTS) is 1. The van der Waals surface area contributed by atoms with Crippen LogP contribution >= 0.6 is 0 Å². The summed E-state index contributed by atoms with van der Waals surface area (Å²) in [7, 11) is 0. The standard InChI is InChI=1S/C24H25NO3/c26-24(27)20-12-14-25(15-13-20)16-22-21-9-5-4-8-19(21)10-11-23(22)28-17-18-6-2-1-3-7-18/h1-11,20H,12-17H2,(H,26,27). The number of carboxylic acids is 1. The summed E-state index contributed by atoms with van der Waals surface area (Å²) in [5.41, 5.74) is 2.33. The lowest BCUT2D eigenvalue weighted by Gasteiger charge is -2.31. The van der Waals surface area contributed by atoms with Gasteiger partial charge in [0.2, 0.25) is 0 Å². The Morgan fingerprint density at radius 3 is 2.43 bits per heavy atom. The summed E-state index contributed by atoms with van der Waals surface area (Å²) >= 11 is 0. The predicted molar refractivity (Wildman–Crippen MR) is 110 cm³/mol. The molecule has 3 aromatic rings. The molecule has 4 rings (SSSR count). The predicted octanol–water partition coefficient (Wildman–Crippen LogP) is 4.72. The van der Waals surface area contributed by atoms with E-state index in [2.05, 4.69) is 53.4 Å². The highest BCUT2D eigenvalue weighted by Gasteiger charge is 2.25. The lowest BCUT2D eigenvalue weighted by atomic mass is 9.96. The molecule has 28 heavy (non-hydrogen) atoms. The Balaban J connectivity index is 1.57. The number of aliphatic carboxylic acids is 1. The highest BCUT2D eigenvalue weighted by atomic mass is 16.5. The smallest absolute Gasteiger partial charge is 0.306 e. The van der Waals surface area contributed by atoms with Gasteiger partial charge in [0.05, 0.1) is 5.92 Å². The molecular formula is C24H25NO3. The van der Waals surface area contributed by atoms with Gasteiger partial charge in [-0.3, -0.25) is 9.69 Å². The van der Waals surface area contributed by atoms with Crippen LogP contribution in [0.2, 0.25) is 0 Å². The van der Waals surface area contributed by atoms with Crippen LogP contribution in [0.4, 0.5) is 0 Å². The quantitative estimate of drug-likeness (QED) is 0.678. The third-order valence-corrected chi connectivity index (χ3v) is 5.55. The minimum absolute atomic E-state index is 0.211. The van der Waals surface area contributed by atoms with Crippen molar-refractivity contribution in [3.63, 3.8) is 0 Å². The monoisotopic (exact) mass is 375 g/mol. The van der Waals surface area contributed by atoms with Crippen molar-refractivity contribution < 1.29 is 14.6 Å². The number of piperidine rings is 1. The third kappa shape index (κ3) is 4.18. The second kappa shape index (κ2) is 8.44. The van der Waals surface area contributed by atoms with Gasteiger partial charge in [0.25, 0.3) is 0 Å². The number of carbonyl (C=O) groups is 1. The van der Waals surface area contributed by atoms with E-state index in [9.17, 15) is 9.90 Å². The molecule has 1 N–H and O–H groups in total. The molecular weight excluding hydrogens is 350 g/mol. The molecule has 0 amide bonds. The zero-order chi connectivity index (χ0) is 19.3. The minimum Gasteiger partial charge on any atom is -0.489 e. The van der Waals surface area contributed by atoms with Gasteiger partial charge >= 0.3 is 5.97 Å². The first-order chi connectivity index (χ1) is 13.7. The van der Waals surface area contributed by atoms with Crippen molar-refractivity contribution in [3.05, 3.63) is 77.9 Å². The van der Waals surface area contributed by atoms with Crippen LogP contribution in [0.1, 0.15) is 24.0 Å². The summed E-state index contributed by atoms with van der Waals surface area (Å²) in [6.07, 6.45) is 1.42. The van der Waals surface area contributed by atoms with Crippen LogP contribution in [0.15, 0.2) is 66.7 Å². The highest BCUT2D eigenvalue weighted by Crippen LogP contribution is 2.31. The summed E-state index contributed by atoms with van der Waals surface area (Å²) in [6.45, 7) is 2.92. The molecule has 1 saturated heterocycles. The molecule has 4 nitrogen and oxygen atoms in total. The largest absolute Gasteiger partial charge is 0.489 e. The van der Waals surface area contributed by atoms with E-state index in [0.29, 0.717) is 19.4 Å². The van der Waals surface area contributed by atoms with E-state index in [4.69, 9.17) is 4.74 Å². The topological polar surface area (TPSA) is 49.8 Å². The Labute approximate surface area is 165 Å². The van der Waals surface area contributed by atoms with Crippen LogP contribution < -0.4 is 4.74 Å². The number of rotatable bonds is 6. The molecule has 0 spiro atoms. The Morgan fingerprint density at radius 2 is 1.68 bits per heavy atom. The maximum atomic E-state index is 11.2. The molecule has 0 aliphatic carbocycles. The number of hydrogen-bond donors (Lipinski definition) is 1. The average molecular weight is 375 g/mol. The van der Waals surface area contributed by atoms with Gasteiger partial charge in [-0.25, -0.2) is 0 Å². The summed E-state index contributed by atoms with van der Waals surface area (Å²) in [5.74, 6) is 0.0252. The summed E-state index contributed by atoms with van der Waals surface area (Å²) in [6, 6.07) is 22.7. The van der Waals surface area contributed by atoms with Crippen molar-refractivity contribution in [2.75, 3.05) is 13.1 Å². The van der Waals surface area contributed by atoms with Gasteiger partial charge in [0.15, 0.2) is 0 Å². The molecule has 0 unspecified atom stereocenters. The molecule has 0 atom stereocenters. The van der Waals surface area contributed by atoms with E-state index in [1.807, 2.05) is 18.2 Å². The zero-order valence-electron chi connectivity index (χ0n) is 15.9. The number of benzene rings is 3. The van der Waals surface area contributed by atoms with Crippen LogP contribution in [-0.4, -0.2) is 29.1 Å². The fourth-order valence-corrected chi connectivity index (χ4v) is 3.91. The lowest BCUT2D eigenvalue weighted by Crippen LogP contribution is -2.36. The Bertz CT molecular complexity index is 946. The molecule has 1 aliphatic heterocycles. The molecule has 1 fully saturated rings. The van der Waals surface area contributed by atoms with Crippen LogP contribution in [0, 0.1) is 5.92 Å². The van der Waals surface area contributed by atoms with Crippen LogP contribution in [-0.2, 0) is 17.9 Å². The molecule has 144 valence electrons. The molecule has 1 aliphatic rings.